The Morgan fingerprint density at radius 1 is 1.03 bits per heavy atom. The van der Waals surface area contributed by atoms with Crippen LogP contribution in [0.5, 0.6) is 0 Å². The van der Waals surface area contributed by atoms with Crippen molar-refractivity contribution in [3.8, 4) is 0 Å². The molecule has 0 saturated carbocycles. The van der Waals surface area contributed by atoms with E-state index in [1.807, 2.05) is 31.2 Å². The van der Waals surface area contributed by atoms with Crippen LogP contribution in [0.1, 0.15) is 22.7 Å². The molecule has 0 radical (unpaired) electrons. The molecular weight excluding hydrogens is 482 g/mol. The van der Waals surface area contributed by atoms with E-state index in [2.05, 4.69) is 21.4 Å². The Bertz CT molecular complexity index is 1270. The first kappa shape index (κ1) is 21.2. The average molecular weight is 500 g/mol. The number of benzene rings is 3. The molecule has 1 aliphatic heterocycles. The summed E-state index contributed by atoms with van der Waals surface area (Å²) in [6.45, 7) is 1.88. The third-order valence-electron chi connectivity index (χ3n) is 4.96. The number of nitro groups is 1. The first-order valence-electron chi connectivity index (χ1n) is 9.35. The molecule has 158 valence electrons. The molecule has 0 saturated heterocycles. The lowest BCUT2D eigenvalue weighted by molar-refractivity contribution is -0.384. The minimum atomic E-state index is -3.94. The van der Waals surface area contributed by atoms with Gasteiger partial charge in [-0.15, -0.1) is 4.41 Å². The highest BCUT2D eigenvalue weighted by atomic mass is 79.9. The molecular formula is C22H18BrN3O4S. The highest BCUT2D eigenvalue weighted by Gasteiger charge is 2.37. The van der Waals surface area contributed by atoms with Gasteiger partial charge < -0.3 is 5.43 Å². The van der Waals surface area contributed by atoms with E-state index in [1.54, 1.807) is 42.5 Å². The first-order valence-corrected chi connectivity index (χ1v) is 11.6. The van der Waals surface area contributed by atoms with Crippen molar-refractivity contribution >= 4 is 37.3 Å². The number of sulfonamides is 1. The molecule has 1 aliphatic rings. The molecule has 1 atom stereocenters. The molecule has 7 nitrogen and oxygen atoms in total. The number of non-ortho nitro benzene ring substituents is 1. The minimum absolute atomic E-state index is 0.101. The normalized spacial score (nSPS) is 16.6. The molecule has 0 fully saturated rings. The third kappa shape index (κ3) is 4.25. The number of hydrazine groups is 1. The van der Waals surface area contributed by atoms with Crippen LogP contribution in [0, 0.1) is 17.0 Å². The van der Waals surface area contributed by atoms with Crippen LogP contribution >= 0.6 is 15.9 Å². The number of nitrogens with zero attached hydrogens (tertiary/aromatic N) is 2. The van der Waals surface area contributed by atoms with Gasteiger partial charge in [-0.2, -0.15) is 0 Å². The smallest absolute Gasteiger partial charge is 0.269 e. The van der Waals surface area contributed by atoms with Crippen LogP contribution in [0.2, 0.25) is 0 Å². The third-order valence-corrected chi connectivity index (χ3v) is 7.20. The Morgan fingerprint density at radius 2 is 1.71 bits per heavy atom. The van der Waals surface area contributed by atoms with Gasteiger partial charge in [0.15, 0.2) is 0 Å². The summed E-state index contributed by atoms with van der Waals surface area (Å²) in [7, 11) is -3.94. The highest BCUT2D eigenvalue weighted by Crippen LogP contribution is 2.36. The van der Waals surface area contributed by atoms with Gasteiger partial charge in [0.1, 0.15) is 0 Å². The Hall–Kier alpha value is -3.01. The van der Waals surface area contributed by atoms with Crippen molar-refractivity contribution in [2.75, 3.05) is 0 Å². The summed E-state index contributed by atoms with van der Waals surface area (Å²) >= 11 is 3.39. The van der Waals surface area contributed by atoms with E-state index in [-0.39, 0.29) is 10.6 Å². The standard InChI is InChI=1S/C22H18BrN3O4S/c1-15-5-11-20(12-6-15)31(29,30)25-22(17-3-2-4-19(13-17)26(27)28)14-21(24-25)16-7-9-18(23)10-8-16/h2-14,22,24H,1H3/t22-/m1/s1. The van der Waals surface area contributed by atoms with E-state index in [0.29, 0.717) is 11.3 Å². The van der Waals surface area contributed by atoms with Gasteiger partial charge in [-0.1, -0.05) is 57.9 Å². The second-order valence-corrected chi connectivity index (χ2v) is 9.84. The number of hydrogen-bond donors (Lipinski definition) is 1. The van der Waals surface area contributed by atoms with Gasteiger partial charge in [0.2, 0.25) is 0 Å². The van der Waals surface area contributed by atoms with Crippen LogP contribution in [0.25, 0.3) is 5.70 Å². The molecule has 0 spiro atoms. The zero-order chi connectivity index (χ0) is 22.2. The number of hydrogen-bond acceptors (Lipinski definition) is 5. The van der Waals surface area contributed by atoms with Gasteiger partial charge in [0.25, 0.3) is 15.7 Å². The van der Waals surface area contributed by atoms with E-state index in [0.717, 1.165) is 20.0 Å². The number of halogens is 1. The molecule has 1 N–H and O–H groups in total. The second-order valence-electron chi connectivity index (χ2n) is 7.11. The van der Waals surface area contributed by atoms with Crippen molar-refractivity contribution < 1.29 is 13.3 Å². The Balaban J connectivity index is 1.81. The predicted octanol–water partition coefficient (Wildman–Crippen LogP) is 4.96. The fourth-order valence-corrected chi connectivity index (χ4v) is 5.00. The summed E-state index contributed by atoms with van der Waals surface area (Å²) in [5.41, 5.74) is 5.72. The zero-order valence-electron chi connectivity index (χ0n) is 16.4. The number of rotatable bonds is 5. The summed E-state index contributed by atoms with van der Waals surface area (Å²) in [6.07, 6.45) is 1.76. The Kier molecular flexibility index (Phi) is 5.65. The highest BCUT2D eigenvalue weighted by molar-refractivity contribution is 9.10. The molecule has 0 unspecified atom stereocenters. The molecule has 31 heavy (non-hydrogen) atoms. The maximum absolute atomic E-state index is 13.5. The SMILES string of the molecule is Cc1ccc(S(=O)(=O)N2NC(c3ccc(Br)cc3)=C[C@@H]2c2cccc([N+](=O)[O-])c2)cc1. The van der Waals surface area contributed by atoms with Crippen molar-refractivity contribution in [2.24, 2.45) is 0 Å². The monoisotopic (exact) mass is 499 g/mol. The number of nitro benzene ring substituents is 1. The lowest BCUT2D eigenvalue weighted by Gasteiger charge is -2.25. The fraction of sp³-hybridized carbons (Fsp3) is 0.0909. The lowest BCUT2D eigenvalue weighted by atomic mass is 10.0. The van der Waals surface area contributed by atoms with E-state index >= 15 is 0 Å². The van der Waals surface area contributed by atoms with E-state index < -0.39 is 21.0 Å². The van der Waals surface area contributed by atoms with Gasteiger partial charge >= 0.3 is 0 Å². The molecule has 9 heteroatoms. The maximum Gasteiger partial charge on any atom is 0.269 e. The molecule has 0 amide bonds. The molecule has 0 bridgehead atoms. The molecule has 3 aromatic rings. The zero-order valence-corrected chi connectivity index (χ0v) is 18.8. The van der Waals surface area contributed by atoms with Crippen LogP contribution in [-0.2, 0) is 10.0 Å². The van der Waals surface area contributed by atoms with Crippen molar-refractivity contribution in [2.45, 2.75) is 17.9 Å². The van der Waals surface area contributed by atoms with Crippen molar-refractivity contribution in [1.29, 1.82) is 0 Å². The molecule has 0 aliphatic carbocycles. The second kappa shape index (κ2) is 8.26. The Morgan fingerprint density at radius 3 is 2.35 bits per heavy atom. The lowest BCUT2D eigenvalue weighted by Crippen LogP contribution is -2.39. The molecule has 3 aromatic carbocycles. The van der Waals surface area contributed by atoms with Crippen molar-refractivity contribution in [3.63, 3.8) is 0 Å². The van der Waals surface area contributed by atoms with Crippen LogP contribution < -0.4 is 5.43 Å². The first-order chi connectivity index (χ1) is 14.8. The summed E-state index contributed by atoms with van der Waals surface area (Å²) < 4.78 is 29.0. The van der Waals surface area contributed by atoms with Gasteiger partial charge in [0.05, 0.1) is 21.6 Å². The topological polar surface area (TPSA) is 92.6 Å². The quantitative estimate of drug-likeness (QED) is 0.395. The number of nitrogens with one attached hydrogen (secondary N) is 1. The molecule has 0 aromatic heterocycles. The maximum atomic E-state index is 13.5. The van der Waals surface area contributed by atoms with E-state index in [9.17, 15) is 18.5 Å². The molecule has 4 rings (SSSR count). The number of aryl methyl sites for hydroxylation is 1. The summed E-state index contributed by atoms with van der Waals surface area (Å²) in [5.74, 6) is 0. The Labute approximate surface area is 188 Å². The summed E-state index contributed by atoms with van der Waals surface area (Å²) in [5, 5.41) is 11.3. The van der Waals surface area contributed by atoms with Crippen LogP contribution in [0.4, 0.5) is 5.69 Å². The van der Waals surface area contributed by atoms with Gasteiger partial charge in [-0.25, -0.2) is 8.42 Å². The predicted molar refractivity (Wildman–Crippen MR) is 121 cm³/mol. The van der Waals surface area contributed by atoms with Gasteiger partial charge in [0, 0.05) is 16.6 Å². The van der Waals surface area contributed by atoms with Crippen LogP contribution in [-0.4, -0.2) is 17.8 Å². The van der Waals surface area contributed by atoms with E-state index in [4.69, 9.17) is 0 Å². The van der Waals surface area contributed by atoms with Gasteiger partial charge in [-0.05, 0) is 48.4 Å². The summed E-state index contributed by atoms with van der Waals surface area (Å²) in [6, 6.07) is 19.2. The average Bonchev–Trinajstić information content (AvgIpc) is 3.21. The fourth-order valence-electron chi connectivity index (χ4n) is 3.33. The van der Waals surface area contributed by atoms with Crippen molar-refractivity contribution in [3.05, 3.63) is 110 Å². The van der Waals surface area contributed by atoms with E-state index in [1.165, 1.54) is 12.1 Å². The van der Waals surface area contributed by atoms with Gasteiger partial charge in [-0.3, -0.25) is 10.1 Å². The van der Waals surface area contributed by atoms with Crippen molar-refractivity contribution in [1.82, 2.24) is 9.84 Å². The summed E-state index contributed by atoms with van der Waals surface area (Å²) in [4.78, 5) is 10.9. The van der Waals surface area contributed by atoms with Crippen LogP contribution in [0.15, 0.2) is 88.2 Å². The molecule has 1 heterocycles. The minimum Gasteiger partial charge on any atom is -0.304 e. The van der Waals surface area contributed by atoms with Crippen LogP contribution in [0.3, 0.4) is 0 Å². The largest absolute Gasteiger partial charge is 0.304 e.